The second-order valence-corrected chi connectivity index (χ2v) is 6.44. The van der Waals surface area contributed by atoms with Crippen molar-refractivity contribution in [1.29, 1.82) is 0 Å². The quantitative estimate of drug-likeness (QED) is 0.574. The lowest BCUT2D eigenvalue weighted by molar-refractivity contribution is 0.102. The summed E-state index contributed by atoms with van der Waals surface area (Å²) in [7, 11) is 1.62. The minimum atomic E-state index is -0.279. The summed E-state index contributed by atoms with van der Waals surface area (Å²) in [5.41, 5.74) is 2.66. The number of nitrogens with zero attached hydrogens (tertiary/aromatic N) is 4. The first kappa shape index (κ1) is 16.9. The molecular weight excluding hydrogens is 362 g/mol. The van der Waals surface area contributed by atoms with Crippen molar-refractivity contribution >= 4 is 22.9 Å². The van der Waals surface area contributed by atoms with Crippen LogP contribution in [0.4, 0.5) is 5.69 Å². The molecule has 0 saturated heterocycles. The SMILES string of the molecule is COc1ccc(-c2nc(C(=O)Nc3ccccc3-n3cncn3)cs2)cc1. The third kappa shape index (κ3) is 3.56. The molecule has 0 unspecified atom stereocenters. The predicted molar refractivity (Wildman–Crippen MR) is 103 cm³/mol. The molecule has 0 aliphatic rings. The number of hydrogen-bond acceptors (Lipinski definition) is 6. The number of hydrogen-bond donors (Lipinski definition) is 1. The van der Waals surface area contributed by atoms with E-state index in [4.69, 9.17) is 4.74 Å². The molecule has 0 aliphatic heterocycles. The molecule has 0 radical (unpaired) electrons. The summed E-state index contributed by atoms with van der Waals surface area (Å²) in [5.74, 6) is 0.497. The molecule has 134 valence electrons. The zero-order chi connectivity index (χ0) is 18.6. The number of anilines is 1. The number of carbonyl (C=O) groups is 1. The molecule has 4 rings (SSSR count). The molecule has 0 spiro atoms. The highest BCUT2D eigenvalue weighted by molar-refractivity contribution is 7.13. The zero-order valence-electron chi connectivity index (χ0n) is 14.4. The smallest absolute Gasteiger partial charge is 0.275 e. The molecule has 7 nitrogen and oxygen atoms in total. The number of para-hydroxylation sites is 2. The molecule has 2 aromatic carbocycles. The maximum absolute atomic E-state index is 12.6. The van der Waals surface area contributed by atoms with Crippen LogP contribution in [0.5, 0.6) is 5.75 Å². The van der Waals surface area contributed by atoms with Crippen molar-refractivity contribution in [3.63, 3.8) is 0 Å². The van der Waals surface area contributed by atoms with Gasteiger partial charge in [-0.05, 0) is 36.4 Å². The largest absolute Gasteiger partial charge is 0.497 e. The molecule has 0 fully saturated rings. The van der Waals surface area contributed by atoms with Gasteiger partial charge in [0, 0.05) is 10.9 Å². The topological polar surface area (TPSA) is 81.9 Å². The number of nitrogens with one attached hydrogen (secondary N) is 1. The molecule has 2 heterocycles. The van der Waals surface area contributed by atoms with Crippen LogP contribution in [0, 0.1) is 0 Å². The van der Waals surface area contributed by atoms with Crippen LogP contribution >= 0.6 is 11.3 Å². The van der Waals surface area contributed by atoms with Crippen LogP contribution in [0.2, 0.25) is 0 Å². The van der Waals surface area contributed by atoms with Crippen molar-refractivity contribution < 1.29 is 9.53 Å². The predicted octanol–water partition coefficient (Wildman–Crippen LogP) is 3.65. The highest BCUT2D eigenvalue weighted by Crippen LogP contribution is 2.26. The first-order valence-corrected chi connectivity index (χ1v) is 8.98. The Balaban J connectivity index is 1.55. The summed E-state index contributed by atoms with van der Waals surface area (Å²) in [6, 6.07) is 14.9. The monoisotopic (exact) mass is 377 g/mol. The fraction of sp³-hybridized carbons (Fsp3) is 0.0526. The van der Waals surface area contributed by atoms with Gasteiger partial charge in [-0.3, -0.25) is 4.79 Å². The third-order valence-corrected chi connectivity index (χ3v) is 4.78. The highest BCUT2D eigenvalue weighted by atomic mass is 32.1. The van der Waals surface area contributed by atoms with Gasteiger partial charge in [-0.1, -0.05) is 12.1 Å². The molecule has 0 aliphatic carbocycles. The molecule has 0 atom stereocenters. The minimum Gasteiger partial charge on any atom is -0.497 e. The Morgan fingerprint density at radius 1 is 1.15 bits per heavy atom. The molecule has 0 saturated carbocycles. The van der Waals surface area contributed by atoms with E-state index in [-0.39, 0.29) is 5.91 Å². The van der Waals surface area contributed by atoms with Gasteiger partial charge in [0.25, 0.3) is 5.91 Å². The first-order valence-electron chi connectivity index (χ1n) is 8.10. The standard InChI is InChI=1S/C19H15N5O2S/c1-26-14-8-6-13(7-9-14)19-23-16(10-27-19)18(25)22-15-4-2-3-5-17(15)24-12-20-11-21-24/h2-12H,1H3,(H,22,25). The number of amides is 1. The maximum atomic E-state index is 12.6. The lowest BCUT2D eigenvalue weighted by Gasteiger charge is -2.09. The second-order valence-electron chi connectivity index (χ2n) is 5.58. The molecule has 27 heavy (non-hydrogen) atoms. The molecule has 8 heteroatoms. The number of ether oxygens (including phenoxy) is 1. The molecule has 1 amide bonds. The lowest BCUT2D eigenvalue weighted by Crippen LogP contribution is -2.14. The number of rotatable bonds is 5. The number of aromatic nitrogens is 4. The maximum Gasteiger partial charge on any atom is 0.275 e. The first-order chi connectivity index (χ1) is 13.2. The minimum absolute atomic E-state index is 0.279. The Bertz CT molecular complexity index is 1060. The van der Waals surface area contributed by atoms with E-state index >= 15 is 0 Å². The van der Waals surface area contributed by atoms with E-state index in [0.29, 0.717) is 11.4 Å². The molecule has 4 aromatic rings. The van der Waals surface area contributed by atoms with Crippen molar-refractivity contribution in [2.75, 3.05) is 12.4 Å². The van der Waals surface area contributed by atoms with E-state index in [1.165, 1.54) is 17.7 Å². The van der Waals surface area contributed by atoms with Gasteiger partial charge in [0.1, 0.15) is 29.1 Å². The fourth-order valence-electron chi connectivity index (χ4n) is 2.54. The number of carbonyl (C=O) groups excluding carboxylic acids is 1. The summed E-state index contributed by atoms with van der Waals surface area (Å²) in [6.07, 6.45) is 3.02. The molecule has 2 aromatic heterocycles. The van der Waals surface area contributed by atoms with Gasteiger partial charge in [-0.15, -0.1) is 11.3 Å². The molecule has 0 bridgehead atoms. The van der Waals surface area contributed by atoms with E-state index in [1.54, 1.807) is 23.5 Å². The number of methoxy groups -OCH3 is 1. The Kier molecular flexibility index (Phi) is 4.63. The van der Waals surface area contributed by atoms with Crippen LogP contribution in [0.3, 0.4) is 0 Å². The summed E-state index contributed by atoms with van der Waals surface area (Å²) in [4.78, 5) is 21.0. The Morgan fingerprint density at radius 2 is 1.96 bits per heavy atom. The van der Waals surface area contributed by atoms with Crippen LogP contribution in [-0.4, -0.2) is 32.8 Å². The fourth-order valence-corrected chi connectivity index (χ4v) is 3.35. The van der Waals surface area contributed by atoms with Gasteiger partial charge in [-0.25, -0.2) is 14.6 Å². The Labute approximate surface area is 159 Å². The van der Waals surface area contributed by atoms with Gasteiger partial charge in [-0.2, -0.15) is 5.10 Å². The Morgan fingerprint density at radius 3 is 2.70 bits per heavy atom. The van der Waals surface area contributed by atoms with Crippen molar-refractivity contribution in [2.24, 2.45) is 0 Å². The summed E-state index contributed by atoms with van der Waals surface area (Å²) < 4.78 is 6.76. The highest BCUT2D eigenvalue weighted by Gasteiger charge is 2.14. The second kappa shape index (κ2) is 7.38. The normalized spacial score (nSPS) is 10.6. The summed E-state index contributed by atoms with van der Waals surface area (Å²) >= 11 is 1.42. The van der Waals surface area contributed by atoms with E-state index in [9.17, 15) is 4.79 Å². The zero-order valence-corrected chi connectivity index (χ0v) is 15.2. The number of thiazole rings is 1. The summed E-state index contributed by atoms with van der Waals surface area (Å²) in [5, 5.41) is 9.52. The van der Waals surface area contributed by atoms with Gasteiger partial charge in [0.05, 0.1) is 18.5 Å². The number of benzene rings is 2. The van der Waals surface area contributed by atoms with Gasteiger partial charge in [0.2, 0.25) is 0 Å². The van der Waals surface area contributed by atoms with Crippen LogP contribution in [-0.2, 0) is 0 Å². The van der Waals surface area contributed by atoms with Crippen LogP contribution in [0.25, 0.3) is 16.3 Å². The van der Waals surface area contributed by atoms with E-state index in [2.05, 4.69) is 20.4 Å². The van der Waals surface area contributed by atoms with Gasteiger partial charge in [0.15, 0.2) is 0 Å². The molecular formula is C19H15N5O2S. The third-order valence-electron chi connectivity index (χ3n) is 3.89. The van der Waals surface area contributed by atoms with E-state index in [1.807, 2.05) is 48.5 Å². The molecule has 1 N–H and O–H groups in total. The van der Waals surface area contributed by atoms with E-state index in [0.717, 1.165) is 22.0 Å². The lowest BCUT2D eigenvalue weighted by atomic mass is 10.2. The van der Waals surface area contributed by atoms with Crippen molar-refractivity contribution in [3.05, 3.63) is 72.3 Å². The Hall–Kier alpha value is -3.52. The van der Waals surface area contributed by atoms with Crippen LogP contribution < -0.4 is 10.1 Å². The van der Waals surface area contributed by atoms with Crippen LogP contribution in [0.1, 0.15) is 10.5 Å². The average molecular weight is 377 g/mol. The van der Waals surface area contributed by atoms with Gasteiger partial charge >= 0.3 is 0 Å². The van der Waals surface area contributed by atoms with Crippen molar-refractivity contribution in [3.8, 4) is 22.0 Å². The summed E-state index contributed by atoms with van der Waals surface area (Å²) in [6.45, 7) is 0. The average Bonchev–Trinajstić information content (AvgIpc) is 3.41. The van der Waals surface area contributed by atoms with Gasteiger partial charge < -0.3 is 10.1 Å². The van der Waals surface area contributed by atoms with Crippen molar-refractivity contribution in [1.82, 2.24) is 19.7 Å². The van der Waals surface area contributed by atoms with E-state index < -0.39 is 0 Å². The van der Waals surface area contributed by atoms with Crippen LogP contribution in [0.15, 0.2) is 66.6 Å². The van der Waals surface area contributed by atoms with Crippen molar-refractivity contribution in [2.45, 2.75) is 0 Å².